The molecule has 6 atom stereocenters. The number of nitrogens with one attached hydrogen (secondary N) is 3. The number of esters is 1. The van der Waals surface area contributed by atoms with Crippen LogP contribution >= 0.6 is 0 Å². The number of Topliss-reactive ketones (excluding diaryl/α,β-unsaturated/α-hetero) is 2. The quantitative estimate of drug-likeness (QED) is 0.0544. The molecule has 50 heavy (non-hydrogen) atoms. The first-order valence-electron chi connectivity index (χ1n) is 18.1. The van der Waals surface area contributed by atoms with Crippen LogP contribution in [0.1, 0.15) is 86.4 Å². The molecule has 6 rings (SSSR count). The molecule has 1 aromatic carbocycles. The number of nitrogens with two attached hydrogens (primary N) is 2. The fourth-order valence-electron chi connectivity index (χ4n) is 8.76. The molecule has 0 bridgehead atoms. The molecule has 0 amide bonds. The summed E-state index contributed by atoms with van der Waals surface area (Å²) in [6.45, 7) is 7.72. The number of likely N-dealkylation sites (N-methyl/N-ethyl adjacent to an activating group) is 1. The van der Waals surface area contributed by atoms with E-state index >= 15 is 0 Å². The molecule has 2 aliphatic heterocycles. The Morgan fingerprint density at radius 3 is 2.54 bits per heavy atom. The summed E-state index contributed by atoms with van der Waals surface area (Å²) in [5.74, 6) is -0.401. The largest absolute Gasteiger partial charge is 0.463 e. The maximum Gasteiger partial charge on any atom is 0.350 e. The van der Waals surface area contributed by atoms with Crippen molar-refractivity contribution >= 4 is 23.5 Å². The Hall–Kier alpha value is -4.22. The molecule has 11 nitrogen and oxygen atoms in total. The highest BCUT2D eigenvalue weighted by molar-refractivity contribution is 6.32. The Morgan fingerprint density at radius 2 is 1.88 bits per heavy atom. The van der Waals surface area contributed by atoms with Crippen LogP contribution in [-0.2, 0) is 14.3 Å². The van der Waals surface area contributed by atoms with E-state index in [2.05, 4.69) is 53.0 Å². The number of allylic oxidation sites excluding steroid dienone is 1. The number of rotatable bonds is 12. The van der Waals surface area contributed by atoms with Crippen molar-refractivity contribution in [2.75, 3.05) is 26.7 Å². The van der Waals surface area contributed by atoms with Crippen LogP contribution in [0.25, 0.3) is 0 Å². The second-order valence-corrected chi connectivity index (χ2v) is 14.4. The monoisotopic (exact) mass is 684 g/mol. The summed E-state index contributed by atoms with van der Waals surface area (Å²) in [5.41, 5.74) is 10.8. The van der Waals surface area contributed by atoms with Crippen LogP contribution in [0.2, 0.25) is 0 Å². The maximum absolute atomic E-state index is 14.4. The molecule has 3 aliphatic carbocycles. The van der Waals surface area contributed by atoms with E-state index in [0.717, 1.165) is 56.2 Å². The fraction of sp³-hybridized carbons (Fsp3) is 0.538. The Kier molecular flexibility index (Phi) is 10.1. The van der Waals surface area contributed by atoms with Gasteiger partial charge in [-0.15, -0.1) is 0 Å². The highest BCUT2D eigenvalue weighted by Crippen LogP contribution is 2.59. The summed E-state index contributed by atoms with van der Waals surface area (Å²) >= 11 is 0. The molecular formula is C39H52N6O5. The van der Waals surface area contributed by atoms with E-state index in [4.69, 9.17) is 20.9 Å². The van der Waals surface area contributed by atoms with Gasteiger partial charge in [0.1, 0.15) is 0 Å². The Balaban J connectivity index is 1.33. The van der Waals surface area contributed by atoms with Crippen molar-refractivity contribution in [2.24, 2.45) is 33.7 Å². The number of carbonyl (C=O) groups is 3. The average molecular weight is 685 g/mol. The van der Waals surface area contributed by atoms with Gasteiger partial charge >= 0.3 is 5.97 Å². The zero-order valence-corrected chi connectivity index (χ0v) is 29.7. The van der Waals surface area contributed by atoms with Crippen LogP contribution in [0, 0.1) is 17.3 Å². The minimum atomic E-state index is -2.04. The number of hydrogen-bond acceptors (Lipinski definition) is 9. The first-order chi connectivity index (χ1) is 24.1. The third-order valence-corrected chi connectivity index (χ3v) is 11.7. The number of epoxide rings is 1. The van der Waals surface area contributed by atoms with Gasteiger partial charge in [-0.25, -0.2) is 4.79 Å². The van der Waals surface area contributed by atoms with Crippen LogP contribution in [0.3, 0.4) is 0 Å². The standard InChI is InChI=1S/C39H52N6O5/c1-5-25-13-14-30(43-6-2)27(21-25)23-49-35(48)39-34(47)29-12-8-7-11-28(29)33(46)38(39,50-39)19-15-24(3)37(17-9-10-18-37)32(45-36(41)42-4)26-16-20-44-31(40)22-26/h7-8,11-16,22,25,27,30,32,43-44H,5-6,9-10,17-21,23,40H2,1-4H3,(H3,41,42,45). The van der Waals surface area contributed by atoms with Gasteiger partial charge in [0.2, 0.25) is 5.78 Å². The molecule has 0 spiro atoms. The van der Waals surface area contributed by atoms with E-state index in [-0.39, 0.29) is 47.9 Å². The van der Waals surface area contributed by atoms with Gasteiger partial charge in [0.25, 0.3) is 5.60 Å². The maximum atomic E-state index is 14.4. The molecule has 1 saturated heterocycles. The molecule has 0 radical (unpaired) electrons. The first-order valence-corrected chi connectivity index (χ1v) is 18.1. The van der Waals surface area contributed by atoms with Crippen molar-refractivity contribution in [3.05, 3.63) is 82.7 Å². The summed E-state index contributed by atoms with van der Waals surface area (Å²) in [4.78, 5) is 47.0. The van der Waals surface area contributed by atoms with Crippen LogP contribution in [0.5, 0.6) is 0 Å². The second kappa shape index (κ2) is 14.2. The van der Waals surface area contributed by atoms with Crippen molar-refractivity contribution in [1.29, 1.82) is 0 Å². The third kappa shape index (κ3) is 5.98. The highest BCUT2D eigenvalue weighted by Gasteiger charge is 2.85. The lowest BCUT2D eigenvalue weighted by atomic mass is 9.68. The van der Waals surface area contributed by atoms with Gasteiger partial charge in [0.05, 0.1) is 18.5 Å². The molecule has 6 unspecified atom stereocenters. The number of benzene rings is 1. The zero-order chi connectivity index (χ0) is 35.7. The predicted octanol–water partition coefficient (Wildman–Crippen LogP) is 3.83. The number of dihydropyridines is 1. The number of hydrogen-bond donors (Lipinski definition) is 5. The number of ketones is 2. The van der Waals surface area contributed by atoms with Crippen LogP contribution in [0.15, 0.2) is 76.6 Å². The van der Waals surface area contributed by atoms with Crippen LogP contribution < -0.4 is 27.4 Å². The topological polar surface area (TPSA) is 173 Å². The number of ether oxygens (including phenoxy) is 2. The number of nitrogens with zero attached hydrogens (tertiary/aromatic N) is 1. The minimum absolute atomic E-state index is 0.0281. The first kappa shape index (κ1) is 35.6. The molecule has 2 fully saturated rings. The minimum Gasteiger partial charge on any atom is -0.463 e. The van der Waals surface area contributed by atoms with Gasteiger partial charge in [-0.3, -0.25) is 14.6 Å². The van der Waals surface area contributed by atoms with Crippen LogP contribution in [0.4, 0.5) is 0 Å². The molecule has 11 heteroatoms. The molecular weight excluding hydrogens is 632 g/mol. The summed E-state index contributed by atoms with van der Waals surface area (Å²) in [6.07, 6.45) is 16.0. The van der Waals surface area contributed by atoms with E-state index in [1.54, 1.807) is 31.3 Å². The summed E-state index contributed by atoms with van der Waals surface area (Å²) in [5, 5.41) is 10.1. The van der Waals surface area contributed by atoms with Crippen LogP contribution in [-0.4, -0.2) is 73.5 Å². The molecule has 7 N–H and O–H groups in total. The number of aliphatic imine (C=N–C) groups is 1. The van der Waals surface area contributed by atoms with E-state index < -0.39 is 28.4 Å². The smallest absolute Gasteiger partial charge is 0.350 e. The van der Waals surface area contributed by atoms with Crippen molar-refractivity contribution in [3.63, 3.8) is 0 Å². The fourth-order valence-corrected chi connectivity index (χ4v) is 8.76. The summed E-state index contributed by atoms with van der Waals surface area (Å²) < 4.78 is 12.3. The molecule has 1 aromatic rings. The predicted molar refractivity (Wildman–Crippen MR) is 193 cm³/mol. The van der Waals surface area contributed by atoms with E-state index in [9.17, 15) is 14.4 Å². The van der Waals surface area contributed by atoms with Crippen molar-refractivity contribution < 1.29 is 23.9 Å². The summed E-state index contributed by atoms with van der Waals surface area (Å²) in [7, 11) is 1.64. The lowest BCUT2D eigenvalue weighted by Gasteiger charge is -2.41. The normalized spacial score (nSPS) is 30.8. The van der Waals surface area contributed by atoms with Gasteiger partial charge in [0.15, 0.2) is 17.3 Å². The Morgan fingerprint density at radius 1 is 1.16 bits per heavy atom. The lowest BCUT2D eigenvalue weighted by Crippen LogP contribution is -2.52. The Bertz CT molecular complexity index is 1670. The van der Waals surface area contributed by atoms with Gasteiger partial charge in [0, 0.05) is 48.5 Å². The zero-order valence-electron chi connectivity index (χ0n) is 29.7. The van der Waals surface area contributed by atoms with E-state index in [0.29, 0.717) is 24.2 Å². The molecule has 5 aliphatic rings. The Labute approximate surface area is 295 Å². The number of carbonyl (C=O) groups excluding carboxylic acids is 3. The van der Waals surface area contributed by atoms with Gasteiger partial charge in [-0.1, -0.05) is 80.8 Å². The van der Waals surface area contributed by atoms with Gasteiger partial charge in [-0.2, -0.15) is 0 Å². The SMILES string of the molecule is CCNC1C=CC(CC)CC1COC(=O)C12OC1(CC=C(C)C1(C(NC(N)=NC)C3=CCNC(N)=C3)CCCC1)C(=O)c1ccccc1C2=O. The molecule has 268 valence electrons. The van der Waals surface area contributed by atoms with Crippen molar-refractivity contribution in [3.8, 4) is 0 Å². The number of guanidine groups is 1. The van der Waals surface area contributed by atoms with E-state index in [1.807, 2.05) is 19.1 Å². The number of fused-ring (bicyclic) bond motifs is 2. The second-order valence-electron chi connectivity index (χ2n) is 14.4. The highest BCUT2D eigenvalue weighted by atomic mass is 16.7. The third-order valence-electron chi connectivity index (χ3n) is 11.7. The van der Waals surface area contributed by atoms with Gasteiger partial charge < -0.3 is 36.9 Å². The van der Waals surface area contributed by atoms with E-state index in [1.165, 1.54) is 0 Å². The molecule has 2 heterocycles. The van der Waals surface area contributed by atoms with Gasteiger partial charge in [-0.05, 0) is 56.7 Å². The summed E-state index contributed by atoms with van der Waals surface area (Å²) in [6, 6.07) is 6.45. The van der Waals surface area contributed by atoms with Crippen molar-refractivity contribution in [1.82, 2.24) is 16.0 Å². The lowest BCUT2D eigenvalue weighted by molar-refractivity contribution is -0.149. The molecule has 0 aromatic heterocycles. The van der Waals surface area contributed by atoms with Crippen molar-refractivity contribution in [2.45, 2.75) is 89.0 Å². The molecule has 1 saturated carbocycles. The average Bonchev–Trinajstić information content (AvgIpc) is 3.60.